The fourth-order valence-electron chi connectivity index (χ4n) is 1.55. The van der Waals surface area contributed by atoms with Gasteiger partial charge in [-0.2, -0.15) is 0 Å². The molecule has 1 aromatic rings. The lowest BCUT2D eigenvalue weighted by molar-refractivity contribution is -0.119. The van der Waals surface area contributed by atoms with Crippen molar-refractivity contribution in [3.8, 4) is 0 Å². The molecular weight excluding hydrogens is 188 g/mol. The number of hydrogen-bond donors (Lipinski definition) is 1. The molecular formula is C12H18N2O. The molecule has 2 N–H and O–H groups in total. The summed E-state index contributed by atoms with van der Waals surface area (Å²) in [6.07, 6.45) is 0.770. The van der Waals surface area contributed by atoms with Crippen molar-refractivity contribution >= 4 is 5.91 Å². The summed E-state index contributed by atoms with van der Waals surface area (Å²) in [6.45, 7) is 0.864. The van der Waals surface area contributed by atoms with Crippen LogP contribution in [0.25, 0.3) is 0 Å². The Bertz CT molecular complexity index is 309. The lowest BCUT2D eigenvalue weighted by Gasteiger charge is -2.16. The molecule has 15 heavy (non-hydrogen) atoms. The topological polar surface area (TPSA) is 46.3 Å². The molecule has 0 radical (unpaired) electrons. The quantitative estimate of drug-likeness (QED) is 0.787. The molecule has 3 heteroatoms. The highest BCUT2D eigenvalue weighted by Gasteiger charge is 2.17. The molecule has 0 fully saturated rings. The highest BCUT2D eigenvalue weighted by molar-refractivity contribution is 5.81. The maximum atomic E-state index is 11.3. The predicted molar refractivity (Wildman–Crippen MR) is 61.5 cm³/mol. The fourth-order valence-corrected chi connectivity index (χ4v) is 1.55. The summed E-state index contributed by atoms with van der Waals surface area (Å²) < 4.78 is 0. The van der Waals surface area contributed by atoms with Gasteiger partial charge < -0.3 is 10.6 Å². The van der Waals surface area contributed by atoms with Crippen LogP contribution in [0.3, 0.4) is 0 Å². The minimum Gasteiger partial charge on any atom is -0.369 e. The van der Waals surface area contributed by atoms with Crippen molar-refractivity contribution in [2.24, 2.45) is 5.73 Å². The Labute approximate surface area is 90.9 Å². The van der Waals surface area contributed by atoms with E-state index in [1.807, 2.05) is 44.4 Å². The maximum Gasteiger partial charge on any atom is 0.225 e. The van der Waals surface area contributed by atoms with Gasteiger partial charge in [-0.1, -0.05) is 30.3 Å². The van der Waals surface area contributed by atoms with Crippen LogP contribution in [-0.2, 0) is 4.79 Å². The van der Waals surface area contributed by atoms with Crippen molar-refractivity contribution in [2.75, 3.05) is 20.6 Å². The third-order valence-corrected chi connectivity index (χ3v) is 2.41. The standard InChI is InChI=1S/C12H18N2O/c1-14(2)9-8-11(12(13)15)10-6-4-3-5-7-10/h3-7,11H,8-9H2,1-2H3,(H2,13,15)/t11-/m1/s1. The van der Waals surface area contributed by atoms with Gasteiger partial charge in [0, 0.05) is 0 Å². The molecule has 0 saturated heterocycles. The zero-order chi connectivity index (χ0) is 11.3. The average Bonchev–Trinajstić information content (AvgIpc) is 2.18. The largest absolute Gasteiger partial charge is 0.369 e. The third kappa shape index (κ3) is 3.72. The molecule has 0 heterocycles. The van der Waals surface area contributed by atoms with E-state index in [9.17, 15) is 4.79 Å². The number of hydrogen-bond acceptors (Lipinski definition) is 2. The second kappa shape index (κ2) is 5.51. The van der Waals surface area contributed by atoms with Gasteiger partial charge >= 0.3 is 0 Å². The number of carbonyl (C=O) groups is 1. The van der Waals surface area contributed by atoms with Gasteiger partial charge in [-0.3, -0.25) is 4.79 Å². The molecule has 0 aliphatic heterocycles. The number of amides is 1. The Morgan fingerprint density at radius 3 is 2.40 bits per heavy atom. The number of primary amides is 1. The van der Waals surface area contributed by atoms with Crippen molar-refractivity contribution in [1.82, 2.24) is 4.90 Å². The molecule has 0 aliphatic carbocycles. The Morgan fingerprint density at radius 2 is 1.93 bits per heavy atom. The van der Waals surface area contributed by atoms with E-state index in [-0.39, 0.29) is 11.8 Å². The lowest BCUT2D eigenvalue weighted by Crippen LogP contribution is -2.25. The van der Waals surface area contributed by atoms with Crippen LogP contribution < -0.4 is 5.73 Å². The molecule has 1 amide bonds. The van der Waals surface area contributed by atoms with Crippen LogP contribution in [0.15, 0.2) is 30.3 Å². The van der Waals surface area contributed by atoms with Gasteiger partial charge in [0.15, 0.2) is 0 Å². The Hall–Kier alpha value is -1.35. The summed E-state index contributed by atoms with van der Waals surface area (Å²) in [5, 5.41) is 0. The highest BCUT2D eigenvalue weighted by Crippen LogP contribution is 2.18. The highest BCUT2D eigenvalue weighted by atomic mass is 16.1. The van der Waals surface area contributed by atoms with Gasteiger partial charge in [0.05, 0.1) is 5.92 Å². The normalized spacial score (nSPS) is 12.7. The summed E-state index contributed by atoms with van der Waals surface area (Å²) in [5.74, 6) is -0.420. The van der Waals surface area contributed by atoms with Gasteiger partial charge in [-0.25, -0.2) is 0 Å². The second-order valence-corrected chi connectivity index (χ2v) is 3.96. The maximum absolute atomic E-state index is 11.3. The monoisotopic (exact) mass is 206 g/mol. The summed E-state index contributed by atoms with van der Waals surface area (Å²) in [5.41, 5.74) is 6.40. The van der Waals surface area contributed by atoms with Crippen molar-refractivity contribution in [3.05, 3.63) is 35.9 Å². The van der Waals surface area contributed by atoms with Crippen LogP contribution in [-0.4, -0.2) is 31.4 Å². The van der Waals surface area contributed by atoms with Crippen LogP contribution in [0.4, 0.5) is 0 Å². The third-order valence-electron chi connectivity index (χ3n) is 2.41. The zero-order valence-electron chi connectivity index (χ0n) is 9.31. The molecule has 1 rings (SSSR count). The first-order valence-electron chi connectivity index (χ1n) is 5.10. The first-order chi connectivity index (χ1) is 7.11. The lowest BCUT2D eigenvalue weighted by atomic mass is 9.95. The first-order valence-corrected chi connectivity index (χ1v) is 5.10. The van der Waals surface area contributed by atoms with Gasteiger partial charge in [0.1, 0.15) is 0 Å². The summed E-state index contributed by atoms with van der Waals surface area (Å²) in [4.78, 5) is 13.4. The molecule has 1 aromatic carbocycles. The average molecular weight is 206 g/mol. The smallest absolute Gasteiger partial charge is 0.225 e. The van der Waals surface area contributed by atoms with Crippen LogP contribution >= 0.6 is 0 Å². The van der Waals surface area contributed by atoms with Crippen LogP contribution in [0.2, 0.25) is 0 Å². The molecule has 1 atom stereocenters. The van der Waals surface area contributed by atoms with E-state index >= 15 is 0 Å². The Balaban J connectivity index is 2.71. The van der Waals surface area contributed by atoms with E-state index in [2.05, 4.69) is 4.90 Å². The van der Waals surface area contributed by atoms with E-state index < -0.39 is 0 Å². The number of carbonyl (C=O) groups excluding carboxylic acids is 1. The van der Waals surface area contributed by atoms with E-state index in [1.165, 1.54) is 0 Å². The molecule has 82 valence electrons. The molecule has 0 saturated carbocycles. The van der Waals surface area contributed by atoms with Gasteiger partial charge in [0.25, 0.3) is 0 Å². The Kier molecular flexibility index (Phi) is 4.31. The number of nitrogens with two attached hydrogens (primary N) is 1. The molecule has 0 bridgehead atoms. The van der Waals surface area contributed by atoms with E-state index in [4.69, 9.17) is 5.73 Å². The van der Waals surface area contributed by atoms with Crippen LogP contribution in [0.1, 0.15) is 17.9 Å². The van der Waals surface area contributed by atoms with Crippen LogP contribution in [0, 0.1) is 0 Å². The van der Waals surface area contributed by atoms with Gasteiger partial charge in [-0.05, 0) is 32.6 Å². The van der Waals surface area contributed by atoms with Crippen molar-refractivity contribution < 1.29 is 4.79 Å². The Morgan fingerprint density at radius 1 is 1.33 bits per heavy atom. The van der Waals surface area contributed by atoms with Gasteiger partial charge in [-0.15, -0.1) is 0 Å². The molecule has 0 aromatic heterocycles. The molecule has 0 aliphatic rings. The summed E-state index contributed by atoms with van der Waals surface area (Å²) >= 11 is 0. The number of benzene rings is 1. The number of nitrogens with zero attached hydrogens (tertiary/aromatic N) is 1. The number of rotatable bonds is 5. The van der Waals surface area contributed by atoms with Crippen LogP contribution in [0.5, 0.6) is 0 Å². The summed E-state index contributed by atoms with van der Waals surface area (Å²) in [7, 11) is 3.98. The first kappa shape index (κ1) is 11.7. The molecule has 3 nitrogen and oxygen atoms in total. The SMILES string of the molecule is CN(C)CC[C@@H](C(N)=O)c1ccccc1. The zero-order valence-corrected chi connectivity index (χ0v) is 9.31. The molecule has 0 unspecified atom stereocenters. The van der Waals surface area contributed by atoms with Crippen molar-refractivity contribution in [1.29, 1.82) is 0 Å². The van der Waals surface area contributed by atoms with Crippen molar-refractivity contribution in [2.45, 2.75) is 12.3 Å². The minimum absolute atomic E-state index is 0.173. The minimum atomic E-state index is -0.247. The predicted octanol–water partition coefficient (Wildman–Crippen LogP) is 1.21. The van der Waals surface area contributed by atoms with Crippen molar-refractivity contribution in [3.63, 3.8) is 0 Å². The molecule has 0 spiro atoms. The van der Waals surface area contributed by atoms with E-state index in [1.54, 1.807) is 0 Å². The van der Waals surface area contributed by atoms with E-state index in [0.717, 1.165) is 18.5 Å². The fraction of sp³-hybridized carbons (Fsp3) is 0.417. The summed E-state index contributed by atoms with van der Waals surface area (Å²) in [6, 6.07) is 9.70. The van der Waals surface area contributed by atoms with E-state index in [0.29, 0.717) is 0 Å². The second-order valence-electron chi connectivity index (χ2n) is 3.96. The van der Waals surface area contributed by atoms with Gasteiger partial charge in [0.2, 0.25) is 5.91 Å².